The first-order valence-corrected chi connectivity index (χ1v) is 4.93. The van der Waals surface area contributed by atoms with Crippen LogP contribution < -0.4 is 0 Å². The van der Waals surface area contributed by atoms with Crippen LogP contribution in [0.5, 0.6) is 0 Å². The summed E-state index contributed by atoms with van der Waals surface area (Å²) in [5.41, 5.74) is 0.925. The van der Waals surface area contributed by atoms with Crippen molar-refractivity contribution in [2.24, 2.45) is 0 Å². The maximum atomic E-state index is 5.60. The van der Waals surface area contributed by atoms with Crippen molar-refractivity contribution in [3.8, 4) is 0 Å². The highest BCUT2D eigenvalue weighted by Gasteiger charge is 2.28. The van der Waals surface area contributed by atoms with Crippen molar-refractivity contribution < 1.29 is 9.15 Å². The van der Waals surface area contributed by atoms with Crippen molar-refractivity contribution in [1.29, 1.82) is 0 Å². The summed E-state index contributed by atoms with van der Waals surface area (Å²) in [5.74, 6) is 0.938. The van der Waals surface area contributed by atoms with Gasteiger partial charge >= 0.3 is 0 Å². The van der Waals surface area contributed by atoms with Crippen LogP contribution in [0.1, 0.15) is 11.9 Å². The molecule has 2 heterocycles. The zero-order valence-corrected chi connectivity index (χ0v) is 8.37. The second-order valence-corrected chi connectivity index (χ2v) is 4.07. The standard InChI is InChI=1S/C10H7BrO2/c11-7-1-2-8-6(3-7)4-9(13-8)10-5-12-10/h1-4,10H,5H2/t10-/m0/s1. The van der Waals surface area contributed by atoms with Crippen LogP contribution in [0.25, 0.3) is 11.0 Å². The van der Waals surface area contributed by atoms with Crippen LogP contribution >= 0.6 is 15.9 Å². The summed E-state index contributed by atoms with van der Waals surface area (Å²) < 4.78 is 11.8. The van der Waals surface area contributed by atoms with E-state index >= 15 is 0 Å². The van der Waals surface area contributed by atoms with E-state index in [1.807, 2.05) is 24.3 Å². The van der Waals surface area contributed by atoms with Gasteiger partial charge in [-0.15, -0.1) is 0 Å². The lowest BCUT2D eigenvalue weighted by molar-refractivity contribution is 0.378. The number of halogens is 1. The van der Waals surface area contributed by atoms with Gasteiger partial charge in [-0.1, -0.05) is 15.9 Å². The topological polar surface area (TPSA) is 25.7 Å². The Labute approximate surface area is 83.6 Å². The van der Waals surface area contributed by atoms with Crippen molar-refractivity contribution in [2.45, 2.75) is 6.10 Å². The highest BCUT2D eigenvalue weighted by atomic mass is 79.9. The number of epoxide rings is 1. The van der Waals surface area contributed by atoms with Crippen LogP contribution in [-0.2, 0) is 4.74 Å². The lowest BCUT2D eigenvalue weighted by Gasteiger charge is -1.87. The van der Waals surface area contributed by atoms with Gasteiger partial charge in [-0.3, -0.25) is 0 Å². The highest BCUT2D eigenvalue weighted by molar-refractivity contribution is 9.10. The molecule has 1 aliphatic heterocycles. The van der Waals surface area contributed by atoms with Gasteiger partial charge < -0.3 is 9.15 Å². The molecule has 1 aromatic carbocycles. The van der Waals surface area contributed by atoms with Gasteiger partial charge in [0.25, 0.3) is 0 Å². The first kappa shape index (κ1) is 7.59. The predicted molar refractivity (Wildman–Crippen MR) is 52.6 cm³/mol. The molecule has 2 nitrogen and oxygen atoms in total. The van der Waals surface area contributed by atoms with Crippen molar-refractivity contribution in [2.75, 3.05) is 6.61 Å². The van der Waals surface area contributed by atoms with Crippen molar-refractivity contribution in [3.05, 3.63) is 34.5 Å². The van der Waals surface area contributed by atoms with Crippen LogP contribution in [0, 0.1) is 0 Å². The van der Waals surface area contributed by atoms with E-state index in [2.05, 4.69) is 15.9 Å². The molecule has 1 fully saturated rings. The molecule has 13 heavy (non-hydrogen) atoms. The maximum Gasteiger partial charge on any atom is 0.139 e. The summed E-state index contributed by atoms with van der Waals surface area (Å²) in [5, 5.41) is 1.12. The molecule has 1 aliphatic rings. The minimum absolute atomic E-state index is 0.200. The fraction of sp³-hybridized carbons (Fsp3) is 0.200. The lowest BCUT2D eigenvalue weighted by atomic mass is 10.2. The third-order valence-electron chi connectivity index (χ3n) is 2.15. The van der Waals surface area contributed by atoms with Gasteiger partial charge in [0.1, 0.15) is 17.4 Å². The quantitative estimate of drug-likeness (QED) is 0.713. The molecule has 0 unspecified atom stereocenters. The van der Waals surface area contributed by atoms with Gasteiger partial charge in [0, 0.05) is 9.86 Å². The summed E-state index contributed by atoms with van der Waals surface area (Å²) in [6.07, 6.45) is 0.200. The Morgan fingerprint density at radius 2 is 2.15 bits per heavy atom. The molecular weight excluding hydrogens is 232 g/mol. The van der Waals surface area contributed by atoms with E-state index in [0.717, 1.165) is 27.8 Å². The number of rotatable bonds is 1. The first-order chi connectivity index (χ1) is 6.33. The number of hydrogen-bond donors (Lipinski definition) is 0. The van der Waals surface area contributed by atoms with E-state index in [4.69, 9.17) is 9.15 Å². The molecule has 1 saturated heterocycles. The molecule has 66 valence electrons. The Morgan fingerprint density at radius 3 is 2.92 bits per heavy atom. The third-order valence-corrected chi connectivity index (χ3v) is 2.64. The smallest absolute Gasteiger partial charge is 0.139 e. The van der Waals surface area contributed by atoms with Gasteiger partial charge in [0.15, 0.2) is 0 Å². The summed E-state index contributed by atoms with van der Waals surface area (Å²) in [7, 11) is 0. The Morgan fingerprint density at radius 1 is 1.31 bits per heavy atom. The van der Waals surface area contributed by atoms with E-state index in [9.17, 15) is 0 Å². The number of fused-ring (bicyclic) bond motifs is 1. The SMILES string of the molecule is Brc1ccc2oc([C@@H]3CO3)cc2c1. The molecule has 1 aromatic heterocycles. The van der Waals surface area contributed by atoms with E-state index in [0.29, 0.717) is 0 Å². The summed E-state index contributed by atoms with van der Waals surface area (Å²) in [6.45, 7) is 0.793. The van der Waals surface area contributed by atoms with E-state index in [-0.39, 0.29) is 6.10 Å². The molecule has 2 aromatic rings. The molecule has 0 amide bonds. The average Bonchev–Trinajstić information content (AvgIpc) is 2.87. The summed E-state index contributed by atoms with van der Waals surface area (Å²) in [6, 6.07) is 8.02. The number of benzene rings is 1. The molecule has 0 bridgehead atoms. The minimum Gasteiger partial charge on any atom is -0.458 e. The van der Waals surface area contributed by atoms with Crippen LogP contribution in [0.15, 0.2) is 33.2 Å². The Kier molecular flexibility index (Phi) is 1.51. The Hall–Kier alpha value is -0.800. The number of furan rings is 1. The Balaban J connectivity index is 2.20. The molecular formula is C10H7BrO2. The van der Waals surface area contributed by atoms with Gasteiger partial charge in [0.2, 0.25) is 0 Å². The molecule has 0 aliphatic carbocycles. The first-order valence-electron chi connectivity index (χ1n) is 4.13. The van der Waals surface area contributed by atoms with Crippen LogP contribution in [0.4, 0.5) is 0 Å². The summed E-state index contributed by atoms with van der Waals surface area (Å²) >= 11 is 3.42. The van der Waals surface area contributed by atoms with Gasteiger partial charge in [-0.2, -0.15) is 0 Å². The predicted octanol–water partition coefficient (Wildman–Crippen LogP) is 3.27. The van der Waals surface area contributed by atoms with Gasteiger partial charge in [-0.05, 0) is 24.3 Å². The minimum atomic E-state index is 0.200. The second kappa shape index (κ2) is 2.59. The largest absolute Gasteiger partial charge is 0.458 e. The molecule has 0 saturated carbocycles. The fourth-order valence-electron chi connectivity index (χ4n) is 1.41. The second-order valence-electron chi connectivity index (χ2n) is 3.15. The van der Waals surface area contributed by atoms with Crippen molar-refractivity contribution in [3.63, 3.8) is 0 Å². The third kappa shape index (κ3) is 1.28. The van der Waals surface area contributed by atoms with Crippen LogP contribution in [-0.4, -0.2) is 6.61 Å². The van der Waals surface area contributed by atoms with Gasteiger partial charge in [0.05, 0.1) is 6.61 Å². The molecule has 3 rings (SSSR count). The number of hydrogen-bond acceptors (Lipinski definition) is 2. The fourth-order valence-corrected chi connectivity index (χ4v) is 1.78. The van der Waals surface area contributed by atoms with Gasteiger partial charge in [-0.25, -0.2) is 0 Å². The zero-order chi connectivity index (χ0) is 8.84. The molecule has 1 atom stereocenters. The lowest BCUT2D eigenvalue weighted by Crippen LogP contribution is -1.69. The normalized spacial score (nSPS) is 20.8. The molecule has 3 heteroatoms. The average molecular weight is 239 g/mol. The monoisotopic (exact) mass is 238 g/mol. The van der Waals surface area contributed by atoms with E-state index in [1.165, 1.54) is 0 Å². The molecule has 0 radical (unpaired) electrons. The maximum absolute atomic E-state index is 5.60. The molecule has 0 N–H and O–H groups in total. The van der Waals surface area contributed by atoms with Crippen molar-refractivity contribution in [1.82, 2.24) is 0 Å². The zero-order valence-electron chi connectivity index (χ0n) is 6.79. The highest BCUT2D eigenvalue weighted by Crippen LogP contribution is 2.34. The Bertz CT molecular complexity index is 457. The number of ether oxygens (including phenoxy) is 1. The van der Waals surface area contributed by atoms with Crippen molar-refractivity contribution >= 4 is 26.9 Å². The molecule has 0 spiro atoms. The van der Waals surface area contributed by atoms with Crippen LogP contribution in [0.2, 0.25) is 0 Å². The summed E-state index contributed by atoms with van der Waals surface area (Å²) in [4.78, 5) is 0. The van der Waals surface area contributed by atoms with E-state index in [1.54, 1.807) is 0 Å². The van der Waals surface area contributed by atoms with Crippen LogP contribution in [0.3, 0.4) is 0 Å². The van der Waals surface area contributed by atoms with E-state index < -0.39 is 0 Å².